The molecule has 6 nitrogen and oxygen atoms in total. The van der Waals surface area contributed by atoms with E-state index in [1.807, 2.05) is 0 Å². The SMILES string of the molecule is CC(NC(=O)c1cnc(Cl)cn1)C(=O)N(C)C. The molecule has 0 bridgehead atoms. The lowest BCUT2D eigenvalue weighted by Gasteiger charge is -2.17. The van der Waals surface area contributed by atoms with E-state index in [1.165, 1.54) is 17.3 Å². The van der Waals surface area contributed by atoms with Crippen LogP contribution < -0.4 is 5.32 Å². The molecule has 0 aliphatic carbocycles. The summed E-state index contributed by atoms with van der Waals surface area (Å²) >= 11 is 5.55. The van der Waals surface area contributed by atoms with E-state index in [2.05, 4.69) is 15.3 Å². The average Bonchev–Trinajstić information content (AvgIpc) is 2.28. The first-order valence-electron chi connectivity index (χ1n) is 4.91. The maximum Gasteiger partial charge on any atom is 0.272 e. The molecule has 1 atom stereocenters. The van der Waals surface area contributed by atoms with E-state index < -0.39 is 11.9 Å². The number of hydrogen-bond acceptors (Lipinski definition) is 4. The third kappa shape index (κ3) is 3.67. The smallest absolute Gasteiger partial charge is 0.272 e. The van der Waals surface area contributed by atoms with Crippen LogP contribution in [0.15, 0.2) is 12.4 Å². The van der Waals surface area contributed by atoms with Crippen LogP contribution in [0.25, 0.3) is 0 Å². The van der Waals surface area contributed by atoms with Crippen molar-refractivity contribution >= 4 is 23.4 Å². The average molecular weight is 257 g/mol. The molecule has 0 saturated heterocycles. The normalized spacial score (nSPS) is 11.8. The molecule has 7 heteroatoms. The Balaban J connectivity index is 2.66. The molecule has 0 spiro atoms. The van der Waals surface area contributed by atoms with Gasteiger partial charge in [0.25, 0.3) is 5.91 Å². The highest BCUT2D eigenvalue weighted by molar-refractivity contribution is 6.29. The fraction of sp³-hybridized carbons (Fsp3) is 0.400. The molecule has 0 saturated carbocycles. The van der Waals surface area contributed by atoms with E-state index in [1.54, 1.807) is 21.0 Å². The molecule has 0 aliphatic heterocycles. The van der Waals surface area contributed by atoms with Crippen molar-refractivity contribution in [3.05, 3.63) is 23.2 Å². The number of nitrogens with zero attached hydrogens (tertiary/aromatic N) is 3. The van der Waals surface area contributed by atoms with E-state index in [-0.39, 0.29) is 16.8 Å². The first-order chi connectivity index (χ1) is 7.91. The van der Waals surface area contributed by atoms with Crippen LogP contribution in [0.4, 0.5) is 0 Å². The predicted molar refractivity (Wildman–Crippen MR) is 62.7 cm³/mol. The van der Waals surface area contributed by atoms with Crippen LogP contribution in [0, 0.1) is 0 Å². The molecule has 1 N–H and O–H groups in total. The van der Waals surface area contributed by atoms with Crippen LogP contribution in [-0.4, -0.2) is 46.8 Å². The van der Waals surface area contributed by atoms with Gasteiger partial charge in [0.2, 0.25) is 5.91 Å². The minimum Gasteiger partial charge on any atom is -0.347 e. The number of rotatable bonds is 3. The van der Waals surface area contributed by atoms with Crippen molar-refractivity contribution in [2.75, 3.05) is 14.1 Å². The molecular weight excluding hydrogens is 244 g/mol. The van der Waals surface area contributed by atoms with E-state index in [0.717, 1.165) is 0 Å². The van der Waals surface area contributed by atoms with Gasteiger partial charge in [0, 0.05) is 14.1 Å². The topological polar surface area (TPSA) is 75.2 Å². The molecule has 2 amide bonds. The number of halogens is 1. The quantitative estimate of drug-likeness (QED) is 0.846. The van der Waals surface area contributed by atoms with Crippen molar-refractivity contribution < 1.29 is 9.59 Å². The van der Waals surface area contributed by atoms with E-state index in [0.29, 0.717) is 0 Å². The maximum absolute atomic E-state index is 11.7. The van der Waals surface area contributed by atoms with Crippen LogP contribution in [0.5, 0.6) is 0 Å². The molecule has 0 aliphatic rings. The summed E-state index contributed by atoms with van der Waals surface area (Å²) < 4.78 is 0. The van der Waals surface area contributed by atoms with Crippen LogP contribution in [0.1, 0.15) is 17.4 Å². The summed E-state index contributed by atoms with van der Waals surface area (Å²) in [7, 11) is 3.24. The summed E-state index contributed by atoms with van der Waals surface area (Å²) in [5, 5.41) is 2.73. The van der Waals surface area contributed by atoms with Crippen LogP contribution in [0.3, 0.4) is 0 Å². The molecule has 1 unspecified atom stereocenters. The zero-order valence-corrected chi connectivity index (χ0v) is 10.5. The predicted octanol–water partition coefficient (Wildman–Crippen LogP) is 0.336. The highest BCUT2D eigenvalue weighted by Crippen LogP contribution is 2.01. The van der Waals surface area contributed by atoms with Crippen molar-refractivity contribution in [2.24, 2.45) is 0 Å². The summed E-state index contributed by atoms with van der Waals surface area (Å²) in [6.07, 6.45) is 2.53. The van der Waals surface area contributed by atoms with Crippen LogP contribution >= 0.6 is 11.6 Å². The zero-order chi connectivity index (χ0) is 13.0. The second kappa shape index (κ2) is 5.58. The maximum atomic E-state index is 11.7. The third-order valence-electron chi connectivity index (χ3n) is 2.01. The van der Waals surface area contributed by atoms with Crippen LogP contribution in [-0.2, 0) is 4.79 Å². The number of hydrogen-bond donors (Lipinski definition) is 1. The third-order valence-corrected chi connectivity index (χ3v) is 2.21. The Labute approximate surface area is 104 Å². The summed E-state index contributed by atoms with van der Waals surface area (Å²) in [4.78, 5) is 32.1. The van der Waals surface area contributed by atoms with Crippen molar-refractivity contribution in [3.8, 4) is 0 Å². The van der Waals surface area contributed by atoms with Gasteiger partial charge in [-0.1, -0.05) is 11.6 Å². The summed E-state index contributed by atoms with van der Waals surface area (Å²) in [6, 6.07) is -0.616. The summed E-state index contributed by atoms with van der Waals surface area (Å²) in [5.74, 6) is -0.655. The molecule has 1 rings (SSSR count). The molecule has 92 valence electrons. The molecule has 0 aromatic carbocycles. The largest absolute Gasteiger partial charge is 0.347 e. The molecule has 1 aromatic heterocycles. The standard InChI is InChI=1S/C10H13ClN4O2/c1-6(10(17)15(2)3)14-9(16)7-4-13-8(11)5-12-7/h4-6H,1-3H3,(H,14,16). The fourth-order valence-electron chi connectivity index (χ4n) is 1.15. The van der Waals surface area contributed by atoms with Crippen molar-refractivity contribution in [3.63, 3.8) is 0 Å². The second-order valence-electron chi connectivity index (χ2n) is 3.65. The van der Waals surface area contributed by atoms with Gasteiger partial charge in [0.05, 0.1) is 12.4 Å². The Hall–Kier alpha value is -1.69. The molecule has 17 heavy (non-hydrogen) atoms. The summed E-state index contributed by atoms with van der Waals surface area (Å²) in [6.45, 7) is 1.60. The van der Waals surface area contributed by atoms with Gasteiger partial charge < -0.3 is 10.2 Å². The monoisotopic (exact) mass is 256 g/mol. The Morgan fingerprint density at radius 1 is 1.35 bits per heavy atom. The van der Waals surface area contributed by atoms with Crippen molar-refractivity contribution in [1.82, 2.24) is 20.2 Å². The molecule has 1 aromatic rings. The number of nitrogens with one attached hydrogen (secondary N) is 1. The van der Waals surface area contributed by atoms with E-state index in [9.17, 15) is 9.59 Å². The first kappa shape index (κ1) is 13.4. The fourth-order valence-corrected chi connectivity index (χ4v) is 1.25. The van der Waals surface area contributed by atoms with Crippen molar-refractivity contribution in [1.29, 1.82) is 0 Å². The Bertz CT molecular complexity index is 419. The van der Waals surface area contributed by atoms with Gasteiger partial charge in [-0.3, -0.25) is 9.59 Å². The second-order valence-corrected chi connectivity index (χ2v) is 4.04. The van der Waals surface area contributed by atoms with E-state index >= 15 is 0 Å². The molecule has 0 fully saturated rings. The van der Waals surface area contributed by atoms with Gasteiger partial charge in [0.1, 0.15) is 16.9 Å². The molecular formula is C10H13ClN4O2. The lowest BCUT2D eigenvalue weighted by atomic mass is 10.3. The van der Waals surface area contributed by atoms with Gasteiger partial charge in [-0.25, -0.2) is 9.97 Å². The molecule has 1 heterocycles. The van der Waals surface area contributed by atoms with Gasteiger partial charge in [-0.15, -0.1) is 0 Å². The number of likely N-dealkylation sites (N-methyl/N-ethyl adjacent to an activating group) is 1. The van der Waals surface area contributed by atoms with Crippen molar-refractivity contribution in [2.45, 2.75) is 13.0 Å². The Morgan fingerprint density at radius 3 is 2.47 bits per heavy atom. The Kier molecular flexibility index (Phi) is 4.39. The number of aromatic nitrogens is 2. The van der Waals surface area contributed by atoms with Gasteiger partial charge in [-0.2, -0.15) is 0 Å². The zero-order valence-electron chi connectivity index (χ0n) is 9.77. The number of amides is 2. The minimum atomic E-state index is -0.616. The van der Waals surface area contributed by atoms with Gasteiger partial charge in [-0.05, 0) is 6.92 Å². The Morgan fingerprint density at radius 2 is 2.00 bits per heavy atom. The number of carbonyl (C=O) groups is 2. The molecule has 0 radical (unpaired) electrons. The lowest BCUT2D eigenvalue weighted by molar-refractivity contribution is -0.130. The lowest BCUT2D eigenvalue weighted by Crippen LogP contribution is -2.44. The van der Waals surface area contributed by atoms with Crippen LogP contribution in [0.2, 0.25) is 5.15 Å². The first-order valence-corrected chi connectivity index (χ1v) is 5.29. The minimum absolute atomic E-state index is 0.118. The van der Waals surface area contributed by atoms with Gasteiger partial charge >= 0.3 is 0 Å². The highest BCUT2D eigenvalue weighted by Gasteiger charge is 2.18. The van der Waals surface area contributed by atoms with Gasteiger partial charge in [0.15, 0.2) is 0 Å². The van der Waals surface area contributed by atoms with E-state index in [4.69, 9.17) is 11.6 Å². The number of carbonyl (C=O) groups excluding carboxylic acids is 2. The highest BCUT2D eigenvalue weighted by atomic mass is 35.5. The summed E-state index contributed by atoms with van der Waals surface area (Å²) in [5.41, 5.74) is 0.118.